The summed E-state index contributed by atoms with van der Waals surface area (Å²) in [4.78, 5) is 35.2. The second kappa shape index (κ2) is 15.8. The molecule has 3 aliphatic rings. The highest BCUT2D eigenvalue weighted by Gasteiger charge is 2.33. The summed E-state index contributed by atoms with van der Waals surface area (Å²) < 4.78 is 17.8. The molecular formula is C40H43Cl2N5O5. The van der Waals surface area contributed by atoms with Crippen LogP contribution in [0, 0.1) is 11.8 Å². The largest absolute Gasteiger partial charge is 0.481 e. The molecule has 2 aromatic heterocycles. The van der Waals surface area contributed by atoms with Crippen LogP contribution in [0.4, 0.5) is 0 Å². The average molecular weight is 745 g/mol. The van der Waals surface area contributed by atoms with Crippen molar-refractivity contribution < 1.29 is 23.8 Å². The summed E-state index contributed by atoms with van der Waals surface area (Å²) in [5.41, 5.74) is 7.53. The molecule has 2 atom stereocenters. The van der Waals surface area contributed by atoms with Gasteiger partial charge in [-0.05, 0) is 60.5 Å². The number of likely N-dealkylation sites (tertiary alicyclic amines) is 1. The van der Waals surface area contributed by atoms with E-state index in [2.05, 4.69) is 32.7 Å². The number of benzene rings is 2. The molecule has 1 amide bonds. The van der Waals surface area contributed by atoms with E-state index in [9.17, 15) is 9.59 Å². The lowest BCUT2D eigenvalue weighted by molar-refractivity contribution is -0.130. The first-order valence-electron chi connectivity index (χ1n) is 17.8. The third-order valence-electron chi connectivity index (χ3n) is 10.4. The van der Waals surface area contributed by atoms with Crippen molar-refractivity contribution in [2.45, 2.75) is 51.3 Å². The van der Waals surface area contributed by atoms with Crippen molar-refractivity contribution in [2.75, 3.05) is 40.9 Å². The Balaban J connectivity index is 1.07. The fourth-order valence-electron chi connectivity index (χ4n) is 7.65. The number of ether oxygens (including phenoxy) is 3. The lowest BCUT2D eigenvalue weighted by Gasteiger charge is -2.38. The highest BCUT2D eigenvalue weighted by molar-refractivity contribution is 6.36. The van der Waals surface area contributed by atoms with E-state index in [4.69, 9.17) is 42.4 Å². The number of pyridine rings is 2. The van der Waals surface area contributed by atoms with Gasteiger partial charge in [-0.15, -0.1) is 0 Å². The number of methoxy groups -OCH3 is 2. The Morgan fingerprint density at radius 2 is 1.65 bits per heavy atom. The number of amides is 1. The molecule has 2 fully saturated rings. The van der Waals surface area contributed by atoms with Gasteiger partial charge in [0.2, 0.25) is 23.5 Å². The van der Waals surface area contributed by atoms with Crippen molar-refractivity contribution in [1.82, 2.24) is 25.5 Å². The van der Waals surface area contributed by atoms with Crippen LogP contribution in [0.25, 0.3) is 22.4 Å². The van der Waals surface area contributed by atoms with E-state index in [0.29, 0.717) is 78.4 Å². The maximum atomic E-state index is 11.9. The Bertz CT molecular complexity index is 1980. The smallest absolute Gasteiger partial charge is 0.236 e. The number of hydrogen-bond acceptors (Lipinski definition) is 9. The van der Waals surface area contributed by atoms with E-state index in [1.165, 1.54) is 5.56 Å². The summed E-state index contributed by atoms with van der Waals surface area (Å²) in [6.07, 6.45) is 3.60. The molecule has 0 radical (unpaired) electrons. The van der Waals surface area contributed by atoms with Crippen LogP contribution in [0.3, 0.4) is 0 Å². The molecule has 3 heterocycles. The number of fused-ring (bicyclic) bond motifs is 1. The van der Waals surface area contributed by atoms with Crippen LogP contribution in [-0.4, -0.2) is 67.5 Å². The summed E-state index contributed by atoms with van der Waals surface area (Å²) in [5, 5.41) is 7.21. The zero-order valence-electron chi connectivity index (χ0n) is 29.6. The lowest BCUT2D eigenvalue weighted by Crippen LogP contribution is -2.52. The quantitative estimate of drug-likeness (QED) is 0.152. The van der Waals surface area contributed by atoms with Gasteiger partial charge in [0.05, 0.1) is 30.9 Å². The molecule has 12 heteroatoms. The highest BCUT2D eigenvalue weighted by Crippen LogP contribution is 2.45. The zero-order valence-corrected chi connectivity index (χ0v) is 31.1. The first-order chi connectivity index (χ1) is 25.3. The number of carbonyl (C=O) groups excluding carboxylic acids is 2. The van der Waals surface area contributed by atoms with E-state index >= 15 is 0 Å². The van der Waals surface area contributed by atoms with Gasteiger partial charge < -0.3 is 24.8 Å². The van der Waals surface area contributed by atoms with Gasteiger partial charge in [0, 0.05) is 68.3 Å². The fraction of sp³-hybridized carbons (Fsp3) is 0.400. The monoisotopic (exact) mass is 743 g/mol. The Hall–Kier alpha value is -4.22. The molecule has 2 aliphatic carbocycles. The van der Waals surface area contributed by atoms with E-state index in [1.54, 1.807) is 21.3 Å². The van der Waals surface area contributed by atoms with Crippen LogP contribution in [0.5, 0.6) is 17.6 Å². The summed E-state index contributed by atoms with van der Waals surface area (Å²) in [7, 11) is 4.87. The Kier molecular flexibility index (Phi) is 11.0. The molecule has 52 heavy (non-hydrogen) atoms. The molecule has 2 aromatic carbocycles. The molecule has 0 spiro atoms. The average Bonchev–Trinajstić information content (AvgIpc) is 3.75. The molecule has 1 saturated heterocycles. The van der Waals surface area contributed by atoms with Crippen molar-refractivity contribution in [2.24, 2.45) is 11.8 Å². The number of hydrogen-bond donors (Lipinski definition) is 2. The number of rotatable bonds is 13. The molecule has 0 bridgehead atoms. The molecule has 1 saturated carbocycles. The van der Waals surface area contributed by atoms with Crippen LogP contribution in [0.15, 0.2) is 54.6 Å². The molecule has 2 N–H and O–H groups in total. The van der Waals surface area contributed by atoms with Crippen LogP contribution in [-0.2, 0) is 29.1 Å². The topological polar surface area (TPSA) is 115 Å². The standard InChI is InChI=1S/C40H43Cl2N5O5/c1-43-37(49)26-21-47(22-26)20-25-17-33(41)40(46-39(25)51-3)52-35-15-13-29-28(6-4-7-30(29)35)31-8-5-9-32(36(31)42)34-14-11-24(38(45-34)50-2)19-44-18-23-10-12-27(48)16-23/h4-9,11,14,17,23,26,35,44H,10,12-13,15-16,18-22H2,1-3H3,(H,43,49)/t23-,35+/m1/s1. The van der Waals surface area contributed by atoms with Gasteiger partial charge in [-0.3, -0.25) is 14.5 Å². The molecule has 4 aromatic rings. The zero-order chi connectivity index (χ0) is 36.4. The number of Topliss-reactive ketones (excluding diaryl/α,β-unsaturated/α-hetero) is 1. The SMILES string of the molecule is CNC(=O)C1CN(Cc2cc(Cl)c(O[C@H]3CCc4c(-c5cccc(-c6ccc(CNC[C@@H]7CCC(=O)C7)c(OC)n6)c5Cl)cccc43)nc2OC)C1. The molecule has 10 nitrogen and oxygen atoms in total. The van der Waals surface area contributed by atoms with Gasteiger partial charge in [-0.25, -0.2) is 4.98 Å². The first kappa shape index (κ1) is 36.2. The first-order valence-corrected chi connectivity index (χ1v) is 18.5. The molecule has 0 unspecified atom stereocenters. The van der Waals surface area contributed by atoms with Crippen molar-refractivity contribution in [3.8, 4) is 40.0 Å². The van der Waals surface area contributed by atoms with E-state index in [1.807, 2.05) is 42.5 Å². The van der Waals surface area contributed by atoms with Crippen LogP contribution in [0.2, 0.25) is 10.0 Å². The summed E-state index contributed by atoms with van der Waals surface area (Å²) in [6.45, 7) is 3.32. The van der Waals surface area contributed by atoms with Crippen molar-refractivity contribution in [3.05, 3.63) is 86.9 Å². The molecular weight excluding hydrogens is 701 g/mol. The maximum absolute atomic E-state index is 11.9. The van der Waals surface area contributed by atoms with Crippen molar-refractivity contribution >= 4 is 34.9 Å². The third kappa shape index (κ3) is 7.48. The number of aromatic nitrogens is 2. The summed E-state index contributed by atoms with van der Waals surface area (Å²) >= 11 is 13.9. The van der Waals surface area contributed by atoms with Gasteiger partial charge in [-0.1, -0.05) is 65.7 Å². The highest BCUT2D eigenvalue weighted by atomic mass is 35.5. The van der Waals surface area contributed by atoms with Crippen molar-refractivity contribution in [1.29, 1.82) is 0 Å². The van der Waals surface area contributed by atoms with Gasteiger partial charge in [0.15, 0.2) is 0 Å². The Labute approximate surface area is 314 Å². The van der Waals surface area contributed by atoms with E-state index in [-0.39, 0.29) is 17.9 Å². The number of nitrogens with one attached hydrogen (secondary N) is 2. The van der Waals surface area contributed by atoms with Crippen molar-refractivity contribution in [3.63, 3.8) is 0 Å². The predicted molar refractivity (Wildman–Crippen MR) is 201 cm³/mol. The Morgan fingerprint density at radius 3 is 2.40 bits per heavy atom. The van der Waals surface area contributed by atoms with E-state index in [0.717, 1.165) is 64.9 Å². The number of carbonyl (C=O) groups is 2. The lowest BCUT2D eigenvalue weighted by atomic mass is 9.94. The number of ketones is 1. The summed E-state index contributed by atoms with van der Waals surface area (Å²) in [5.74, 6) is 2.12. The van der Waals surface area contributed by atoms with Crippen LogP contribution < -0.4 is 24.8 Å². The van der Waals surface area contributed by atoms with Crippen LogP contribution >= 0.6 is 23.2 Å². The minimum Gasteiger partial charge on any atom is -0.481 e. The minimum atomic E-state index is -0.248. The second-order valence-electron chi connectivity index (χ2n) is 13.8. The molecule has 7 rings (SSSR count). The Morgan fingerprint density at radius 1 is 0.904 bits per heavy atom. The molecule has 1 aliphatic heterocycles. The van der Waals surface area contributed by atoms with E-state index < -0.39 is 0 Å². The second-order valence-corrected chi connectivity index (χ2v) is 14.6. The van der Waals surface area contributed by atoms with Gasteiger partial charge in [0.25, 0.3) is 0 Å². The predicted octanol–water partition coefficient (Wildman–Crippen LogP) is 6.84. The normalized spacial score (nSPS) is 18.6. The van der Waals surface area contributed by atoms with Crippen LogP contribution in [0.1, 0.15) is 54.0 Å². The van der Waals surface area contributed by atoms with Gasteiger partial charge >= 0.3 is 0 Å². The maximum Gasteiger partial charge on any atom is 0.236 e. The summed E-state index contributed by atoms with van der Waals surface area (Å²) in [6, 6.07) is 18.1. The number of nitrogens with zero attached hydrogens (tertiary/aromatic N) is 3. The minimum absolute atomic E-state index is 0.00647. The van der Waals surface area contributed by atoms with Gasteiger partial charge in [0.1, 0.15) is 16.9 Å². The third-order valence-corrected chi connectivity index (χ3v) is 11.1. The fourth-order valence-corrected chi connectivity index (χ4v) is 8.19. The number of halogens is 2. The molecule has 272 valence electrons. The van der Waals surface area contributed by atoms with Gasteiger partial charge in [-0.2, -0.15) is 4.98 Å².